The highest BCUT2D eigenvalue weighted by Crippen LogP contribution is 2.19. The van der Waals surface area contributed by atoms with Crippen LogP contribution in [0.5, 0.6) is 0 Å². The van der Waals surface area contributed by atoms with Gasteiger partial charge in [0.1, 0.15) is 12.1 Å². The monoisotopic (exact) mass is 672 g/mol. The van der Waals surface area contributed by atoms with Gasteiger partial charge in [0.25, 0.3) is 0 Å². The highest BCUT2D eigenvalue weighted by Gasteiger charge is 2.29. The molecular formula is C32H44N14O3. The number of para-hydroxylation sites is 1. The third-order valence-corrected chi connectivity index (χ3v) is 7.59. The molecule has 0 radical (unpaired) electrons. The molecule has 17 nitrogen and oxygen atoms in total. The van der Waals surface area contributed by atoms with Gasteiger partial charge in [0.2, 0.25) is 17.7 Å². The summed E-state index contributed by atoms with van der Waals surface area (Å²) in [5.74, 6) is -1.58. The van der Waals surface area contributed by atoms with Crippen LogP contribution < -0.4 is 44.6 Å². The molecule has 49 heavy (non-hydrogen) atoms. The lowest BCUT2D eigenvalue weighted by Gasteiger charge is -2.24. The zero-order chi connectivity index (χ0) is 35.2. The number of nitrogens with zero attached hydrogens (tertiary/aromatic N) is 5. The molecule has 0 aliphatic carbocycles. The van der Waals surface area contributed by atoms with Crippen molar-refractivity contribution >= 4 is 46.4 Å². The van der Waals surface area contributed by atoms with E-state index in [2.05, 4.69) is 41.2 Å². The fraction of sp³-hybridized carbons (Fsp3) is 0.344. The molecule has 4 rings (SSSR count). The Balaban J connectivity index is 1.50. The quantitative estimate of drug-likeness (QED) is 0.0367. The molecule has 0 saturated heterocycles. The van der Waals surface area contributed by atoms with Gasteiger partial charge >= 0.3 is 0 Å². The van der Waals surface area contributed by atoms with Crippen LogP contribution in [0.25, 0.3) is 10.9 Å². The van der Waals surface area contributed by atoms with Crippen molar-refractivity contribution in [2.75, 3.05) is 18.4 Å². The van der Waals surface area contributed by atoms with Gasteiger partial charge in [-0.2, -0.15) is 0 Å². The van der Waals surface area contributed by atoms with Crippen molar-refractivity contribution < 1.29 is 14.4 Å². The number of carbonyl (C=O) groups excluding carboxylic acids is 3. The Morgan fingerprint density at radius 3 is 2.18 bits per heavy atom. The van der Waals surface area contributed by atoms with Gasteiger partial charge in [-0.05, 0) is 42.9 Å². The number of rotatable bonds is 18. The van der Waals surface area contributed by atoms with Gasteiger partial charge in [-0.1, -0.05) is 53.7 Å². The summed E-state index contributed by atoms with van der Waals surface area (Å²) in [6.07, 6.45) is 4.80. The summed E-state index contributed by atoms with van der Waals surface area (Å²) in [4.78, 5) is 51.7. The van der Waals surface area contributed by atoms with E-state index in [0.29, 0.717) is 25.9 Å². The van der Waals surface area contributed by atoms with E-state index in [1.54, 1.807) is 17.1 Å². The van der Waals surface area contributed by atoms with Crippen LogP contribution in [0.2, 0.25) is 0 Å². The number of nitrogens with two attached hydrogens (primary N) is 5. The first-order valence-corrected chi connectivity index (χ1v) is 15.9. The third kappa shape index (κ3) is 11.4. The average molecular weight is 673 g/mol. The molecule has 0 saturated carbocycles. The Morgan fingerprint density at radius 1 is 0.816 bits per heavy atom. The maximum atomic E-state index is 13.9. The summed E-state index contributed by atoms with van der Waals surface area (Å²) in [6.45, 7) is 0.993. The number of aromatic amines is 1. The number of hydrogen-bond donors (Lipinski definition) is 9. The summed E-state index contributed by atoms with van der Waals surface area (Å²) in [5, 5.41) is 17.4. The highest BCUT2D eigenvalue weighted by molar-refractivity contribution is 5.98. The second kappa shape index (κ2) is 17.8. The average Bonchev–Trinajstić information content (AvgIpc) is 3.70. The molecule has 0 aliphatic rings. The lowest BCUT2D eigenvalue weighted by atomic mass is 10.0. The van der Waals surface area contributed by atoms with Crippen molar-refractivity contribution in [1.82, 2.24) is 30.6 Å². The number of aliphatic imine (C=N–C) groups is 2. The van der Waals surface area contributed by atoms with Crippen molar-refractivity contribution in [3.63, 3.8) is 0 Å². The molecule has 0 unspecified atom stereocenters. The fourth-order valence-corrected chi connectivity index (χ4v) is 5.12. The molecule has 0 bridgehead atoms. The summed E-state index contributed by atoms with van der Waals surface area (Å²) >= 11 is 0. The Morgan fingerprint density at radius 2 is 1.47 bits per heavy atom. The minimum Gasteiger partial charge on any atom is -0.370 e. The van der Waals surface area contributed by atoms with Crippen LogP contribution in [0.3, 0.4) is 0 Å². The van der Waals surface area contributed by atoms with Crippen molar-refractivity contribution in [2.45, 2.75) is 56.8 Å². The Labute approximate surface area is 283 Å². The zero-order valence-electron chi connectivity index (χ0n) is 27.1. The van der Waals surface area contributed by atoms with Gasteiger partial charge in [0.15, 0.2) is 17.7 Å². The Bertz CT molecular complexity index is 1740. The SMILES string of the molecule is NC(N)=NCCC[C@H](NC(=O)[C@H](Cc1c[nH]c2ccccc12)NC(=O)[C@@H](N)CCCN=C(N)N)C(=O)Nc1cn(Cc2ccccc2)nn1. The molecule has 3 amide bonds. The number of benzene rings is 2. The van der Waals surface area contributed by atoms with Crippen LogP contribution in [0.1, 0.15) is 36.8 Å². The molecule has 0 fully saturated rings. The van der Waals surface area contributed by atoms with Crippen molar-refractivity contribution in [2.24, 2.45) is 38.7 Å². The van der Waals surface area contributed by atoms with Gasteiger partial charge in [-0.25, -0.2) is 4.68 Å². The van der Waals surface area contributed by atoms with E-state index < -0.39 is 35.8 Å². The number of anilines is 1. The molecule has 0 aliphatic heterocycles. The largest absolute Gasteiger partial charge is 0.370 e. The number of hydrogen-bond acceptors (Lipinski definition) is 8. The van der Waals surface area contributed by atoms with Gasteiger partial charge in [0.05, 0.1) is 18.8 Å². The van der Waals surface area contributed by atoms with E-state index in [0.717, 1.165) is 22.0 Å². The molecule has 4 aromatic rings. The van der Waals surface area contributed by atoms with Crippen LogP contribution >= 0.6 is 0 Å². The summed E-state index contributed by atoms with van der Waals surface area (Å²) in [6, 6.07) is 14.2. The summed E-state index contributed by atoms with van der Waals surface area (Å²) in [7, 11) is 0. The van der Waals surface area contributed by atoms with Crippen molar-refractivity contribution in [3.8, 4) is 0 Å². The van der Waals surface area contributed by atoms with Crippen molar-refractivity contribution in [3.05, 3.63) is 78.1 Å². The molecule has 260 valence electrons. The smallest absolute Gasteiger partial charge is 0.248 e. The molecular weight excluding hydrogens is 628 g/mol. The number of fused-ring (bicyclic) bond motifs is 1. The molecule has 2 aromatic heterocycles. The first kappa shape index (κ1) is 35.9. The Hall–Kier alpha value is -5.97. The van der Waals surface area contributed by atoms with E-state index in [9.17, 15) is 14.4 Å². The summed E-state index contributed by atoms with van der Waals surface area (Å²) in [5.41, 5.74) is 30.5. The molecule has 2 heterocycles. The van der Waals surface area contributed by atoms with Crippen LogP contribution in [0.4, 0.5) is 5.82 Å². The van der Waals surface area contributed by atoms with Crippen LogP contribution in [-0.2, 0) is 27.3 Å². The van der Waals surface area contributed by atoms with E-state index in [1.165, 1.54) is 0 Å². The van der Waals surface area contributed by atoms with E-state index in [-0.39, 0.29) is 43.5 Å². The predicted molar refractivity (Wildman–Crippen MR) is 188 cm³/mol. The van der Waals surface area contributed by atoms with Crippen LogP contribution in [0, 0.1) is 0 Å². The first-order valence-electron chi connectivity index (χ1n) is 15.9. The number of H-pyrrole nitrogens is 1. The molecule has 2 aromatic carbocycles. The standard InChI is InChI=1S/C32H44N14O3/c33-23(11-6-14-38-31(34)35)28(47)42-26(16-21-17-40-24-12-5-4-10-22(21)24)30(49)41-25(13-7-15-39-32(36)37)29(48)43-27-19-46(45-44-27)18-20-8-2-1-3-9-20/h1-5,8-10,12,17,19,23,25-26,40H,6-7,11,13-16,18,33H2,(H,41,49)(H,42,47)(H,43,48)(H4,34,35,38)(H4,36,37,39)/t23-,25-,26-/m0/s1. The molecule has 17 heteroatoms. The lowest BCUT2D eigenvalue weighted by Crippen LogP contribution is -2.55. The predicted octanol–water partition coefficient (Wildman–Crippen LogP) is -0.607. The van der Waals surface area contributed by atoms with Gasteiger partial charge < -0.3 is 49.6 Å². The van der Waals surface area contributed by atoms with Gasteiger partial charge in [0, 0.05) is 36.6 Å². The molecule has 14 N–H and O–H groups in total. The maximum absolute atomic E-state index is 13.9. The fourth-order valence-electron chi connectivity index (χ4n) is 5.12. The number of nitrogens with one attached hydrogen (secondary N) is 4. The van der Waals surface area contributed by atoms with E-state index in [4.69, 9.17) is 28.7 Å². The van der Waals surface area contributed by atoms with Crippen LogP contribution in [-0.4, -0.2) is 80.8 Å². The van der Waals surface area contributed by atoms with Crippen molar-refractivity contribution in [1.29, 1.82) is 0 Å². The third-order valence-electron chi connectivity index (χ3n) is 7.59. The van der Waals surface area contributed by atoms with Gasteiger partial charge in [-0.15, -0.1) is 5.10 Å². The molecule has 3 atom stereocenters. The topological polar surface area (TPSA) is 289 Å². The highest BCUT2D eigenvalue weighted by atomic mass is 16.2. The maximum Gasteiger partial charge on any atom is 0.248 e. The minimum absolute atomic E-state index is 0.0535. The van der Waals surface area contributed by atoms with E-state index >= 15 is 0 Å². The second-order valence-corrected chi connectivity index (χ2v) is 11.5. The van der Waals surface area contributed by atoms with Crippen LogP contribution in [0.15, 0.2) is 77.0 Å². The summed E-state index contributed by atoms with van der Waals surface area (Å²) < 4.78 is 1.59. The van der Waals surface area contributed by atoms with Gasteiger partial charge in [-0.3, -0.25) is 24.4 Å². The zero-order valence-corrected chi connectivity index (χ0v) is 27.1. The normalized spacial score (nSPS) is 12.8. The number of amides is 3. The number of carbonyl (C=O) groups is 3. The molecule has 0 spiro atoms. The van der Waals surface area contributed by atoms with E-state index in [1.807, 2.05) is 54.6 Å². The number of guanidine groups is 2. The Kier molecular flexibility index (Phi) is 13.0. The lowest BCUT2D eigenvalue weighted by molar-refractivity contribution is -0.131. The number of aromatic nitrogens is 4. The second-order valence-electron chi connectivity index (χ2n) is 11.5. The first-order chi connectivity index (χ1) is 23.6. The minimum atomic E-state index is -1.07.